The Morgan fingerprint density at radius 2 is 1.31 bits per heavy atom. The van der Waals surface area contributed by atoms with E-state index in [0.29, 0.717) is 11.4 Å². The van der Waals surface area contributed by atoms with Crippen LogP contribution in [0.25, 0.3) is 0 Å². The number of hydrogen-bond donors (Lipinski definition) is 4. The van der Waals surface area contributed by atoms with Gasteiger partial charge in [-0.25, -0.2) is 14.8 Å². The third-order valence-electron chi connectivity index (χ3n) is 4.51. The van der Waals surface area contributed by atoms with Crippen molar-refractivity contribution in [1.29, 1.82) is 0 Å². The number of carbonyl (C=O) groups excluding carboxylic acids is 2. The number of aromatic carboxylic acids is 1. The predicted octanol–water partition coefficient (Wildman–Crippen LogP) is 4.52. The molecule has 2 aromatic carbocycles. The SMILES string of the molecule is COC(=O)c1ccc(Nc2ccnc(Br)c2)cc1.Nc1cc(Nc2ccc(C(=O)[O-])cc2)ccn1.[NH4+]. The molecular weight excluding hydrogens is 528 g/mol. The molecule has 0 aliphatic carbocycles. The third-order valence-corrected chi connectivity index (χ3v) is 4.95. The second-order valence-electron chi connectivity index (χ2n) is 7.02. The number of carboxylic acid groups (broad SMARTS) is 1. The number of nitrogens with zero attached hydrogens (tertiary/aromatic N) is 2. The molecule has 2 aromatic heterocycles. The maximum Gasteiger partial charge on any atom is 0.337 e. The number of carbonyl (C=O) groups is 2. The van der Waals surface area contributed by atoms with Crippen LogP contribution < -0.4 is 27.6 Å². The quantitative estimate of drug-likeness (QED) is 0.197. The monoisotopic (exact) mass is 552 g/mol. The van der Waals surface area contributed by atoms with Crippen LogP contribution in [0.5, 0.6) is 0 Å². The van der Waals surface area contributed by atoms with E-state index in [1.54, 1.807) is 48.8 Å². The number of anilines is 5. The molecule has 0 saturated heterocycles. The number of esters is 1. The minimum absolute atomic E-state index is 0. The fraction of sp³-hybridized carbons (Fsp3) is 0.0400. The first-order chi connectivity index (χ1) is 16.8. The second kappa shape index (κ2) is 13.4. The fourth-order valence-electron chi connectivity index (χ4n) is 2.84. The molecule has 0 bridgehead atoms. The van der Waals surface area contributed by atoms with Crippen molar-refractivity contribution >= 4 is 56.4 Å². The van der Waals surface area contributed by atoms with Crippen molar-refractivity contribution in [2.45, 2.75) is 0 Å². The minimum Gasteiger partial charge on any atom is -0.545 e. The van der Waals surface area contributed by atoms with Gasteiger partial charge in [-0.1, -0.05) is 12.1 Å². The van der Waals surface area contributed by atoms with E-state index in [9.17, 15) is 14.7 Å². The normalized spacial score (nSPS) is 9.61. The van der Waals surface area contributed by atoms with E-state index in [1.165, 1.54) is 19.2 Å². The summed E-state index contributed by atoms with van der Waals surface area (Å²) in [7, 11) is 1.36. The number of pyridine rings is 2. The molecule has 0 atom stereocenters. The van der Waals surface area contributed by atoms with Crippen LogP contribution in [-0.4, -0.2) is 29.0 Å². The van der Waals surface area contributed by atoms with Crippen LogP contribution in [0.2, 0.25) is 0 Å². The van der Waals surface area contributed by atoms with Crippen LogP contribution in [-0.2, 0) is 4.74 Å². The highest BCUT2D eigenvalue weighted by atomic mass is 79.9. The molecule has 0 saturated carbocycles. The highest BCUT2D eigenvalue weighted by Gasteiger charge is 2.04. The van der Waals surface area contributed by atoms with Crippen molar-refractivity contribution in [1.82, 2.24) is 16.1 Å². The lowest BCUT2D eigenvalue weighted by Crippen LogP contribution is -2.21. The molecule has 0 amide bonds. The number of carboxylic acids is 1. The highest BCUT2D eigenvalue weighted by Crippen LogP contribution is 2.20. The smallest absolute Gasteiger partial charge is 0.337 e. The molecule has 2 heterocycles. The molecule has 0 aliphatic rings. The van der Waals surface area contributed by atoms with E-state index in [1.807, 2.05) is 24.3 Å². The van der Waals surface area contributed by atoms with Crippen LogP contribution in [0, 0.1) is 0 Å². The Bertz CT molecular complexity index is 1300. The number of rotatable bonds is 6. The summed E-state index contributed by atoms with van der Waals surface area (Å²) in [4.78, 5) is 29.7. The molecule has 0 aliphatic heterocycles. The van der Waals surface area contributed by atoms with Crippen LogP contribution in [0.3, 0.4) is 0 Å². The van der Waals surface area contributed by atoms with Crippen molar-refractivity contribution in [3.63, 3.8) is 0 Å². The molecule has 10 nitrogen and oxygen atoms in total. The summed E-state index contributed by atoms with van der Waals surface area (Å²) in [6.45, 7) is 0. The molecule has 4 rings (SSSR count). The van der Waals surface area contributed by atoms with Gasteiger partial charge in [-0.15, -0.1) is 0 Å². The number of quaternary nitrogens is 1. The first-order valence-electron chi connectivity index (χ1n) is 10.2. The summed E-state index contributed by atoms with van der Waals surface area (Å²) in [5, 5.41) is 16.8. The number of methoxy groups -OCH3 is 1. The van der Waals surface area contributed by atoms with Gasteiger partial charge < -0.3 is 37.2 Å². The standard InChI is InChI=1S/C13H11BrN2O2.C12H11N3O2.H3N/c1-18-13(17)9-2-4-10(5-3-9)16-11-6-7-15-12(14)8-11;13-11-7-10(5-6-14-11)15-9-3-1-8(2-4-9)12(16)17;/h2-8H,1H3,(H,15,16);1-7H,(H,16,17)(H3,13,14,15);1H3. The number of nitrogen functional groups attached to an aromatic ring is 1. The Labute approximate surface area is 216 Å². The average Bonchev–Trinajstić information content (AvgIpc) is 2.85. The van der Waals surface area contributed by atoms with Gasteiger partial charge in [-0.3, -0.25) is 0 Å². The molecule has 0 spiro atoms. The van der Waals surface area contributed by atoms with E-state index in [2.05, 4.69) is 41.3 Å². The molecule has 8 N–H and O–H groups in total. The van der Waals surface area contributed by atoms with Gasteiger partial charge in [0.2, 0.25) is 0 Å². The third kappa shape index (κ3) is 8.38. The Morgan fingerprint density at radius 3 is 1.78 bits per heavy atom. The van der Waals surface area contributed by atoms with Gasteiger partial charge in [0.25, 0.3) is 0 Å². The minimum atomic E-state index is -1.19. The van der Waals surface area contributed by atoms with Gasteiger partial charge in [0.15, 0.2) is 0 Å². The molecule has 11 heteroatoms. The number of hydrogen-bond acceptors (Lipinski definition) is 9. The molecule has 0 unspecified atom stereocenters. The first-order valence-corrected chi connectivity index (χ1v) is 11.0. The zero-order valence-corrected chi connectivity index (χ0v) is 21.2. The molecular formula is C25H25BrN6O4. The molecule has 0 fully saturated rings. The van der Waals surface area contributed by atoms with Crippen LogP contribution in [0.15, 0.2) is 89.8 Å². The number of halogens is 1. The zero-order valence-electron chi connectivity index (χ0n) is 19.6. The number of ether oxygens (including phenoxy) is 1. The zero-order chi connectivity index (χ0) is 25.2. The summed E-state index contributed by atoms with van der Waals surface area (Å²) >= 11 is 3.30. The van der Waals surface area contributed by atoms with Gasteiger partial charge in [0.05, 0.1) is 18.6 Å². The van der Waals surface area contributed by atoms with Crippen molar-refractivity contribution in [2.75, 3.05) is 23.5 Å². The van der Waals surface area contributed by atoms with E-state index < -0.39 is 5.97 Å². The lowest BCUT2D eigenvalue weighted by atomic mass is 10.2. The Kier molecular flexibility index (Phi) is 10.3. The summed E-state index contributed by atoms with van der Waals surface area (Å²) in [6, 6.07) is 20.5. The molecule has 0 radical (unpaired) electrons. The van der Waals surface area contributed by atoms with Gasteiger partial charge in [0, 0.05) is 41.2 Å². The van der Waals surface area contributed by atoms with E-state index in [-0.39, 0.29) is 17.7 Å². The first kappa shape index (κ1) is 27.8. The Hall–Kier alpha value is -4.48. The fourth-order valence-corrected chi connectivity index (χ4v) is 3.20. The van der Waals surface area contributed by atoms with Crippen LogP contribution >= 0.6 is 15.9 Å². The Balaban J connectivity index is 0.000000247. The second-order valence-corrected chi connectivity index (χ2v) is 7.83. The Morgan fingerprint density at radius 1 is 0.806 bits per heavy atom. The maximum absolute atomic E-state index is 11.3. The number of aromatic nitrogens is 2. The van der Waals surface area contributed by atoms with Gasteiger partial charge >= 0.3 is 5.97 Å². The van der Waals surface area contributed by atoms with E-state index in [0.717, 1.165) is 27.4 Å². The highest BCUT2D eigenvalue weighted by molar-refractivity contribution is 9.10. The van der Waals surface area contributed by atoms with Gasteiger partial charge in [0.1, 0.15) is 10.4 Å². The van der Waals surface area contributed by atoms with Crippen LogP contribution in [0.1, 0.15) is 20.7 Å². The van der Waals surface area contributed by atoms with Gasteiger partial charge in [-0.2, -0.15) is 0 Å². The van der Waals surface area contributed by atoms with Crippen LogP contribution in [0.4, 0.5) is 28.6 Å². The predicted molar refractivity (Wildman–Crippen MR) is 142 cm³/mol. The lowest BCUT2D eigenvalue weighted by molar-refractivity contribution is -0.255. The van der Waals surface area contributed by atoms with Crippen molar-refractivity contribution in [2.24, 2.45) is 0 Å². The van der Waals surface area contributed by atoms with Gasteiger partial charge in [-0.05, 0) is 76.1 Å². The summed E-state index contributed by atoms with van der Waals surface area (Å²) in [5.74, 6) is -1.11. The van der Waals surface area contributed by atoms with E-state index >= 15 is 0 Å². The van der Waals surface area contributed by atoms with E-state index in [4.69, 9.17) is 5.73 Å². The molecule has 36 heavy (non-hydrogen) atoms. The molecule has 186 valence electrons. The van der Waals surface area contributed by atoms with Crippen molar-refractivity contribution < 1.29 is 19.4 Å². The molecule has 4 aromatic rings. The maximum atomic E-state index is 11.3. The lowest BCUT2D eigenvalue weighted by Gasteiger charge is -2.08. The summed E-state index contributed by atoms with van der Waals surface area (Å²) in [5.41, 5.74) is 9.57. The summed E-state index contributed by atoms with van der Waals surface area (Å²) in [6.07, 6.45) is 3.29. The van der Waals surface area contributed by atoms with Crippen molar-refractivity contribution in [3.8, 4) is 0 Å². The number of nitrogens with one attached hydrogen (secondary N) is 2. The number of nitrogens with two attached hydrogens (primary N) is 1. The number of benzene rings is 2. The largest absolute Gasteiger partial charge is 0.545 e. The topological polar surface area (TPSA) is 179 Å². The summed E-state index contributed by atoms with van der Waals surface area (Å²) < 4.78 is 5.40. The average molecular weight is 553 g/mol. The van der Waals surface area contributed by atoms with Crippen molar-refractivity contribution in [3.05, 3.63) is 101 Å².